The largest absolute Gasteiger partial charge is 0.391 e. The molecule has 1 rings (SSSR count). The summed E-state index contributed by atoms with van der Waals surface area (Å²) < 4.78 is 0. The van der Waals surface area contributed by atoms with E-state index in [2.05, 4.69) is 16.0 Å². The molecule has 0 saturated heterocycles. The van der Waals surface area contributed by atoms with Crippen LogP contribution in [0.25, 0.3) is 0 Å². The molecule has 0 aliphatic carbocycles. The minimum Gasteiger partial charge on any atom is -0.391 e. The zero-order valence-corrected chi connectivity index (χ0v) is 38.8. The van der Waals surface area contributed by atoms with Crippen molar-refractivity contribution in [3.8, 4) is 0 Å². The maximum absolute atomic E-state index is 14.4. The van der Waals surface area contributed by atoms with E-state index in [1.165, 1.54) is 42.8 Å². The summed E-state index contributed by atoms with van der Waals surface area (Å²) in [6.45, 7) is 19.4. The maximum Gasteiger partial charge on any atom is 0.246 e. The predicted molar refractivity (Wildman–Crippen MR) is 233 cm³/mol. The van der Waals surface area contributed by atoms with E-state index in [0.29, 0.717) is 6.42 Å². The Balaban J connectivity index is 3.37. The fraction of sp³-hybridized carbons (Fsp3) is 0.705. The second-order valence-electron chi connectivity index (χ2n) is 18.0. The number of nitrogens with zero attached hydrogens (tertiary/aromatic N) is 4. The molecule has 1 unspecified atom stereocenters. The molecule has 0 spiro atoms. The Labute approximate surface area is 358 Å². The van der Waals surface area contributed by atoms with Crippen LogP contribution in [0.1, 0.15) is 94.6 Å². The molecule has 0 bridgehead atoms. The Hall–Kier alpha value is -4.57. The molecular formula is C44H76N8O8. The predicted octanol–water partition coefficient (Wildman–Crippen LogP) is 1.98. The van der Waals surface area contributed by atoms with E-state index >= 15 is 0 Å². The lowest BCUT2D eigenvalue weighted by molar-refractivity contribution is -0.152. The third-order valence-corrected chi connectivity index (χ3v) is 10.8. The number of nitrogens with one attached hydrogen (secondary N) is 3. The Morgan fingerprint density at radius 2 is 1.15 bits per heavy atom. The summed E-state index contributed by atoms with van der Waals surface area (Å²) in [5.41, 5.74) is 6.47. The first-order chi connectivity index (χ1) is 27.7. The van der Waals surface area contributed by atoms with Gasteiger partial charge in [-0.1, -0.05) is 99.6 Å². The summed E-state index contributed by atoms with van der Waals surface area (Å²) in [5, 5.41) is 18.9. The van der Waals surface area contributed by atoms with Crippen LogP contribution < -0.4 is 21.7 Å². The van der Waals surface area contributed by atoms with E-state index in [9.17, 15) is 38.7 Å². The molecule has 0 saturated carbocycles. The number of carbonyl (C=O) groups is 7. The standard InChI is InChI=1S/C44H76N8O8/c1-25(2)21-32(50(13)39(28(7)8)48-40(56)29(9)10)41(57)47-36(30(11)53)42(58)46-24-35(54)49(12)33(22-26(3)4)43(59)51(14)34(23-31-19-17-16-18-20-31)44(60)52(15)37(27(5)6)38(45)55/h16-20,25-30,32-34,36-37,39,53H,21-24H2,1-15H3,(H2,45,55)(H,46,58)(H,47,57)(H,48,56)/t30-,32+,33+,34+,36?,37+,39-/m1/s1. The van der Waals surface area contributed by atoms with Crippen LogP contribution in [0.2, 0.25) is 0 Å². The van der Waals surface area contributed by atoms with Gasteiger partial charge in [0.2, 0.25) is 41.4 Å². The summed E-state index contributed by atoms with van der Waals surface area (Å²) in [6.07, 6.45) is -1.11. The normalized spacial score (nSPS) is 15.2. The number of primary amides is 1. The number of hydrogen-bond acceptors (Lipinski definition) is 9. The zero-order chi connectivity index (χ0) is 46.3. The molecule has 7 amide bonds. The molecule has 0 aliphatic rings. The third-order valence-electron chi connectivity index (χ3n) is 10.8. The van der Waals surface area contributed by atoms with E-state index in [0.717, 1.165) is 5.56 Å². The number of benzene rings is 1. The van der Waals surface area contributed by atoms with Gasteiger partial charge in [-0.25, -0.2) is 0 Å². The molecule has 60 heavy (non-hydrogen) atoms. The second-order valence-corrected chi connectivity index (χ2v) is 18.0. The van der Waals surface area contributed by atoms with Crippen LogP contribution in [0.5, 0.6) is 0 Å². The molecule has 16 nitrogen and oxygen atoms in total. The summed E-state index contributed by atoms with van der Waals surface area (Å²) in [5.74, 6) is -4.48. The first kappa shape index (κ1) is 53.4. The topological polar surface area (TPSA) is 215 Å². The summed E-state index contributed by atoms with van der Waals surface area (Å²) in [7, 11) is 6.15. The number of hydrogen-bond donors (Lipinski definition) is 5. The number of aliphatic hydroxyl groups excluding tert-OH is 1. The lowest BCUT2D eigenvalue weighted by Gasteiger charge is -2.38. The quantitative estimate of drug-likeness (QED) is 0.0962. The molecule has 0 aliphatic heterocycles. The minimum atomic E-state index is -1.43. The van der Waals surface area contributed by atoms with Gasteiger partial charge in [0.05, 0.1) is 24.9 Å². The van der Waals surface area contributed by atoms with Crippen molar-refractivity contribution in [3.63, 3.8) is 0 Å². The monoisotopic (exact) mass is 845 g/mol. The number of aliphatic hydroxyl groups is 1. The van der Waals surface area contributed by atoms with Gasteiger partial charge in [-0.15, -0.1) is 0 Å². The number of rotatable bonds is 24. The molecule has 7 atom stereocenters. The molecule has 0 aromatic heterocycles. The molecule has 340 valence electrons. The van der Waals surface area contributed by atoms with Crippen molar-refractivity contribution in [2.24, 2.45) is 35.3 Å². The number of carbonyl (C=O) groups excluding carboxylic acids is 7. The highest BCUT2D eigenvalue weighted by atomic mass is 16.3. The number of nitrogens with two attached hydrogens (primary N) is 1. The Bertz CT molecular complexity index is 1580. The lowest BCUT2D eigenvalue weighted by atomic mass is 9.97. The summed E-state index contributed by atoms with van der Waals surface area (Å²) >= 11 is 0. The molecule has 16 heteroatoms. The first-order valence-electron chi connectivity index (χ1n) is 21.1. The highest BCUT2D eigenvalue weighted by Gasteiger charge is 2.40. The average molecular weight is 845 g/mol. The van der Waals surface area contributed by atoms with Crippen LogP contribution in [0.3, 0.4) is 0 Å². The van der Waals surface area contributed by atoms with Gasteiger partial charge in [0.1, 0.15) is 24.2 Å². The maximum atomic E-state index is 14.4. The second kappa shape index (κ2) is 24.6. The highest BCUT2D eigenvalue weighted by molar-refractivity contribution is 5.96. The minimum absolute atomic E-state index is 0.0593. The SMILES string of the molecule is CC(C)C[C@@H](C(=O)N(C)[C@@H](Cc1ccccc1)C(=O)N(C)[C@H](C(N)=O)C(C)C)N(C)C(=O)CNC(=O)C(NC(=O)[C@H](CC(C)C)N(C)[C@@H](NC(=O)C(C)C)C(C)C)[C@@H](C)O. The van der Waals surface area contributed by atoms with Crippen molar-refractivity contribution in [2.75, 3.05) is 34.7 Å². The van der Waals surface area contributed by atoms with E-state index in [1.807, 2.05) is 71.9 Å². The van der Waals surface area contributed by atoms with Crippen molar-refractivity contribution in [2.45, 2.75) is 138 Å². The Morgan fingerprint density at radius 3 is 1.60 bits per heavy atom. The van der Waals surface area contributed by atoms with Crippen LogP contribution in [-0.4, -0.2) is 143 Å². The zero-order valence-electron chi connectivity index (χ0n) is 38.8. The van der Waals surface area contributed by atoms with E-state index in [1.54, 1.807) is 39.6 Å². The van der Waals surface area contributed by atoms with Crippen molar-refractivity contribution < 1.29 is 38.7 Å². The Morgan fingerprint density at radius 1 is 0.633 bits per heavy atom. The fourth-order valence-corrected chi connectivity index (χ4v) is 7.20. The van der Waals surface area contributed by atoms with E-state index in [-0.39, 0.29) is 48.3 Å². The number of amides is 7. The van der Waals surface area contributed by atoms with Crippen LogP contribution >= 0.6 is 0 Å². The van der Waals surface area contributed by atoms with Gasteiger partial charge in [-0.2, -0.15) is 0 Å². The molecule has 1 aromatic rings. The van der Waals surface area contributed by atoms with Gasteiger partial charge in [0, 0.05) is 33.5 Å². The average Bonchev–Trinajstić information content (AvgIpc) is 3.16. The molecule has 6 N–H and O–H groups in total. The summed E-state index contributed by atoms with van der Waals surface area (Å²) in [4.78, 5) is 101. The number of likely N-dealkylation sites (N-methyl/N-ethyl adjacent to an activating group) is 4. The van der Waals surface area contributed by atoms with Crippen molar-refractivity contribution in [1.29, 1.82) is 0 Å². The molecule has 0 fully saturated rings. The Kier molecular flexibility index (Phi) is 21.9. The van der Waals surface area contributed by atoms with Gasteiger partial charge in [0.15, 0.2) is 0 Å². The van der Waals surface area contributed by atoms with Crippen molar-refractivity contribution in [1.82, 2.24) is 35.6 Å². The highest BCUT2D eigenvalue weighted by Crippen LogP contribution is 2.21. The van der Waals surface area contributed by atoms with Crippen LogP contribution in [-0.2, 0) is 40.0 Å². The van der Waals surface area contributed by atoms with Gasteiger partial charge < -0.3 is 41.5 Å². The fourth-order valence-electron chi connectivity index (χ4n) is 7.20. The molecular weight excluding hydrogens is 769 g/mol. The van der Waals surface area contributed by atoms with Gasteiger partial charge in [-0.05, 0) is 56.0 Å². The first-order valence-corrected chi connectivity index (χ1v) is 21.1. The van der Waals surface area contributed by atoms with E-state index in [4.69, 9.17) is 5.73 Å². The smallest absolute Gasteiger partial charge is 0.246 e. The molecule has 0 radical (unpaired) electrons. The van der Waals surface area contributed by atoms with Crippen molar-refractivity contribution in [3.05, 3.63) is 35.9 Å². The molecule has 0 heterocycles. The van der Waals surface area contributed by atoms with Gasteiger partial charge in [0.25, 0.3) is 0 Å². The van der Waals surface area contributed by atoms with Crippen LogP contribution in [0, 0.1) is 29.6 Å². The van der Waals surface area contributed by atoms with Gasteiger partial charge >= 0.3 is 0 Å². The molecule has 1 aromatic carbocycles. The van der Waals surface area contributed by atoms with E-state index < -0.39 is 84.5 Å². The van der Waals surface area contributed by atoms with Crippen LogP contribution in [0.15, 0.2) is 30.3 Å². The lowest BCUT2D eigenvalue weighted by Crippen LogP contribution is -2.61. The van der Waals surface area contributed by atoms with Crippen molar-refractivity contribution >= 4 is 41.4 Å². The van der Waals surface area contributed by atoms with Crippen LogP contribution in [0.4, 0.5) is 0 Å². The summed E-state index contributed by atoms with van der Waals surface area (Å²) in [6, 6.07) is 3.89. The van der Waals surface area contributed by atoms with Gasteiger partial charge in [-0.3, -0.25) is 38.5 Å². The third kappa shape index (κ3) is 15.8.